The van der Waals surface area contributed by atoms with E-state index in [1.807, 2.05) is 12.1 Å². The van der Waals surface area contributed by atoms with E-state index in [1.54, 1.807) is 19.1 Å². The number of Topliss-reactive ketones (excluding diaryl/α,β-unsaturated/α-hetero) is 1. The molecule has 0 atom stereocenters. The number of ketones is 1. The number of hydrogen-bond acceptors (Lipinski definition) is 3. The zero-order valence-corrected chi connectivity index (χ0v) is 14.6. The number of nitrogens with one attached hydrogen (secondary N) is 1. The van der Waals surface area contributed by atoms with Gasteiger partial charge < -0.3 is 5.32 Å². The lowest BCUT2D eigenvalue weighted by Crippen LogP contribution is -2.38. The van der Waals surface area contributed by atoms with Gasteiger partial charge in [-0.2, -0.15) is 0 Å². The van der Waals surface area contributed by atoms with Crippen molar-refractivity contribution < 1.29 is 9.59 Å². The maximum atomic E-state index is 12.4. The number of amides is 1. The van der Waals surface area contributed by atoms with Gasteiger partial charge in [-0.05, 0) is 50.7 Å². The summed E-state index contributed by atoms with van der Waals surface area (Å²) in [6.07, 6.45) is 9.12. The van der Waals surface area contributed by atoms with E-state index in [1.165, 1.54) is 44.9 Å². The van der Waals surface area contributed by atoms with Crippen LogP contribution in [0.2, 0.25) is 0 Å². The van der Waals surface area contributed by atoms with Gasteiger partial charge in [0.1, 0.15) is 0 Å². The minimum Gasteiger partial charge on any atom is -0.325 e. The van der Waals surface area contributed by atoms with Gasteiger partial charge in [0.2, 0.25) is 5.91 Å². The fourth-order valence-electron chi connectivity index (χ4n) is 3.68. The molecule has 24 heavy (non-hydrogen) atoms. The van der Waals surface area contributed by atoms with Crippen LogP contribution in [0.25, 0.3) is 0 Å². The van der Waals surface area contributed by atoms with Crippen LogP contribution >= 0.6 is 0 Å². The largest absolute Gasteiger partial charge is 0.325 e. The van der Waals surface area contributed by atoms with Crippen LogP contribution in [0.15, 0.2) is 24.3 Å². The number of anilines is 1. The number of carbonyl (C=O) groups is 2. The lowest BCUT2D eigenvalue weighted by Gasteiger charge is -2.29. The molecular formula is C20H28N2O2. The van der Waals surface area contributed by atoms with Crippen LogP contribution in [-0.4, -0.2) is 35.7 Å². The van der Waals surface area contributed by atoms with Gasteiger partial charge in [-0.3, -0.25) is 14.5 Å². The summed E-state index contributed by atoms with van der Waals surface area (Å²) in [7, 11) is 0. The summed E-state index contributed by atoms with van der Waals surface area (Å²) in [5.74, 6) is 0.801. The molecule has 4 heteroatoms. The molecule has 2 aliphatic rings. The number of carbonyl (C=O) groups excluding carboxylic acids is 2. The van der Waals surface area contributed by atoms with Crippen LogP contribution in [0.1, 0.15) is 62.2 Å². The molecule has 2 aliphatic carbocycles. The van der Waals surface area contributed by atoms with Crippen molar-refractivity contribution in [3.05, 3.63) is 29.8 Å². The molecule has 2 saturated carbocycles. The van der Waals surface area contributed by atoms with Crippen LogP contribution in [0, 0.1) is 5.92 Å². The third-order valence-electron chi connectivity index (χ3n) is 5.18. The molecule has 1 aromatic carbocycles. The first-order valence-corrected chi connectivity index (χ1v) is 9.27. The molecule has 0 radical (unpaired) electrons. The zero-order chi connectivity index (χ0) is 16.9. The predicted molar refractivity (Wildman–Crippen MR) is 96.2 cm³/mol. The first kappa shape index (κ1) is 17.2. The molecule has 1 N–H and O–H groups in total. The Balaban J connectivity index is 1.55. The van der Waals surface area contributed by atoms with E-state index in [9.17, 15) is 9.59 Å². The summed E-state index contributed by atoms with van der Waals surface area (Å²) in [6, 6.07) is 7.78. The Bertz CT molecular complexity index is 589. The Kier molecular flexibility index (Phi) is 5.67. The second-order valence-corrected chi connectivity index (χ2v) is 7.35. The Morgan fingerprint density at radius 2 is 1.88 bits per heavy atom. The third-order valence-corrected chi connectivity index (χ3v) is 5.18. The number of benzene rings is 1. The SMILES string of the molecule is CC(=O)c1cccc(NC(=O)CN(CC2CCCCC2)C2CC2)c1. The fourth-order valence-corrected chi connectivity index (χ4v) is 3.68. The summed E-state index contributed by atoms with van der Waals surface area (Å²) in [5, 5.41) is 2.95. The zero-order valence-electron chi connectivity index (χ0n) is 14.6. The van der Waals surface area contributed by atoms with Gasteiger partial charge in [0.25, 0.3) is 0 Å². The Hall–Kier alpha value is -1.68. The average molecular weight is 328 g/mol. The van der Waals surface area contributed by atoms with Crippen molar-refractivity contribution in [3.63, 3.8) is 0 Å². The van der Waals surface area contributed by atoms with E-state index in [-0.39, 0.29) is 11.7 Å². The molecular weight excluding hydrogens is 300 g/mol. The second kappa shape index (κ2) is 7.93. The van der Waals surface area contributed by atoms with Crippen molar-refractivity contribution in [2.75, 3.05) is 18.4 Å². The lowest BCUT2D eigenvalue weighted by atomic mass is 9.89. The van der Waals surface area contributed by atoms with Crippen LogP contribution in [0.4, 0.5) is 5.69 Å². The predicted octanol–water partition coefficient (Wildman–Crippen LogP) is 3.87. The summed E-state index contributed by atoms with van der Waals surface area (Å²) in [4.78, 5) is 26.3. The normalized spacial score (nSPS) is 18.6. The van der Waals surface area contributed by atoms with Crippen LogP contribution in [-0.2, 0) is 4.79 Å². The molecule has 2 fully saturated rings. The number of nitrogens with zero attached hydrogens (tertiary/aromatic N) is 1. The fraction of sp³-hybridized carbons (Fsp3) is 0.600. The Labute approximate surface area is 144 Å². The van der Waals surface area contributed by atoms with Crippen molar-refractivity contribution >= 4 is 17.4 Å². The van der Waals surface area contributed by atoms with Crippen LogP contribution in [0.3, 0.4) is 0 Å². The van der Waals surface area contributed by atoms with Crippen molar-refractivity contribution in [1.29, 1.82) is 0 Å². The maximum Gasteiger partial charge on any atom is 0.238 e. The van der Waals surface area contributed by atoms with Gasteiger partial charge >= 0.3 is 0 Å². The quantitative estimate of drug-likeness (QED) is 0.773. The molecule has 0 saturated heterocycles. The third kappa shape index (κ3) is 4.91. The molecule has 130 valence electrons. The lowest BCUT2D eigenvalue weighted by molar-refractivity contribution is -0.117. The van der Waals surface area contributed by atoms with Gasteiger partial charge in [0.15, 0.2) is 5.78 Å². The molecule has 0 aromatic heterocycles. The van der Waals surface area contributed by atoms with Gasteiger partial charge in [0.05, 0.1) is 6.54 Å². The summed E-state index contributed by atoms with van der Waals surface area (Å²) in [6.45, 7) is 3.07. The smallest absolute Gasteiger partial charge is 0.238 e. The molecule has 1 amide bonds. The van der Waals surface area contributed by atoms with Gasteiger partial charge in [-0.1, -0.05) is 31.4 Å². The highest BCUT2D eigenvalue weighted by Gasteiger charge is 2.32. The van der Waals surface area contributed by atoms with Crippen LogP contribution < -0.4 is 5.32 Å². The summed E-state index contributed by atoms with van der Waals surface area (Å²) >= 11 is 0. The maximum absolute atomic E-state index is 12.4. The topological polar surface area (TPSA) is 49.4 Å². The molecule has 0 bridgehead atoms. The molecule has 4 nitrogen and oxygen atoms in total. The van der Waals surface area contributed by atoms with E-state index >= 15 is 0 Å². The van der Waals surface area contributed by atoms with Gasteiger partial charge in [-0.15, -0.1) is 0 Å². The van der Waals surface area contributed by atoms with Gasteiger partial charge in [-0.25, -0.2) is 0 Å². The molecule has 0 aliphatic heterocycles. The van der Waals surface area contributed by atoms with Crippen molar-refractivity contribution in [2.45, 2.75) is 57.9 Å². The minimum atomic E-state index is 0.0167. The average Bonchev–Trinajstić information content (AvgIpc) is 3.40. The van der Waals surface area contributed by atoms with E-state index in [0.717, 1.165) is 12.5 Å². The standard InChI is InChI=1S/C20H28N2O2/c1-15(23)17-8-5-9-18(12-17)21-20(24)14-22(19-10-11-19)13-16-6-3-2-4-7-16/h5,8-9,12,16,19H,2-4,6-7,10-11,13-14H2,1H3,(H,21,24). The molecule has 0 unspecified atom stereocenters. The van der Waals surface area contributed by atoms with E-state index in [0.29, 0.717) is 23.8 Å². The van der Waals surface area contributed by atoms with Crippen molar-refractivity contribution in [3.8, 4) is 0 Å². The second-order valence-electron chi connectivity index (χ2n) is 7.35. The van der Waals surface area contributed by atoms with Crippen molar-refractivity contribution in [1.82, 2.24) is 4.90 Å². The molecule has 0 spiro atoms. The molecule has 3 rings (SSSR count). The Morgan fingerprint density at radius 1 is 1.12 bits per heavy atom. The van der Waals surface area contributed by atoms with Gasteiger partial charge in [0, 0.05) is 23.8 Å². The minimum absolute atomic E-state index is 0.0167. The van der Waals surface area contributed by atoms with Crippen molar-refractivity contribution in [2.24, 2.45) is 5.92 Å². The van der Waals surface area contributed by atoms with E-state index in [2.05, 4.69) is 10.2 Å². The monoisotopic (exact) mass is 328 g/mol. The van der Waals surface area contributed by atoms with Crippen LogP contribution in [0.5, 0.6) is 0 Å². The summed E-state index contributed by atoms with van der Waals surface area (Å²) < 4.78 is 0. The van der Waals surface area contributed by atoms with E-state index in [4.69, 9.17) is 0 Å². The molecule has 0 heterocycles. The molecule has 1 aromatic rings. The number of hydrogen-bond donors (Lipinski definition) is 1. The highest BCUT2D eigenvalue weighted by molar-refractivity contribution is 5.97. The summed E-state index contributed by atoms with van der Waals surface area (Å²) in [5.41, 5.74) is 1.34. The Morgan fingerprint density at radius 3 is 2.54 bits per heavy atom. The first-order chi connectivity index (χ1) is 11.6. The highest BCUT2D eigenvalue weighted by atomic mass is 16.2. The highest BCUT2D eigenvalue weighted by Crippen LogP contribution is 2.31. The number of rotatable bonds is 7. The van der Waals surface area contributed by atoms with E-state index < -0.39 is 0 Å². The first-order valence-electron chi connectivity index (χ1n) is 9.27.